The molecule has 4 rings (SSSR count). The molecule has 0 amide bonds. The molecular weight excluding hydrogens is 531 g/mol. The Balaban J connectivity index is 1.68. The SMILES string of the molecule is O=C(O)c1ccccc1NS(=O)(=O)c1ccc(N/N=C2\CCS(=O)(=O)c3ccc(F)cc32)c([N+](=O)[O-])c1. The van der Waals surface area contributed by atoms with E-state index in [1.807, 2.05) is 0 Å². The van der Waals surface area contributed by atoms with Crippen molar-refractivity contribution in [2.75, 3.05) is 15.9 Å². The first kappa shape index (κ1) is 25.7. The molecule has 0 aliphatic carbocycles. The van der Waals surface area contributed by atoms with Crippen LogP contribution in [0.4, 0.5) is 21.5 Å². The van der Waals surface area contributed by atoms with Crippen LogP contribution in [-0.4, -0.2) is 44.3 Å². The maximum Gasteiger partial charge on any atom is 0.337 e. The van der Waals surface area contributed by atoms with E-state index in [0.29, 0.717) is 0 Å². The van der Waals surface area contributed by atoms with Gasteiger partial charge in [0.1, 0.15) is 11.5 Å². The van der Waals surface area contributed by atoms with Crippen molar-refractivity contribution in [3.05, 3.63) is 87.7 Å². The number of carbonyl (C=O) groups is 1. The summed E-state index contributed by atoms with van der Waals surface area (Å²) < 4.78 is 66.1. The molecule has 3 N–H and O–H groups in total. The molecule has 1 aliphatic heterocycles. The molecule has 3 aromatic carbocycles. The first-order valence-electron chi connectivity index (χ1n) is 10.4. The second kappa shape index (κ2) is 9.59. The Morgan fingerprint density at radius 3 is 2.51 bits per heavy atom. The maximum absolute atomic E-state index is 13.8. The van der Waals surface area contributed by atoms with Crippen LogP contribution in [0.1, 0.15) is 22.3 Å². The monoisotopic (exact) mass is 548 g/mol. The predicted molar refractivity (Wildman–Crippen MR) is 131 cm³/mol. The van der Waals surface area contributed by atoms with E-state index in [2.05, 4.69) is 15.2 Å². The minimum atomic E-state index is -4.43. The van der Waals surface area contributed by atoms with Crippen LogP contribution in [-0.2, 0) is 19.9 Å². The van der Waals surface area contributed by atoms with E-state index in [-0.39, 0.29) is 45.3 Å². The standard InChI is InChI=1S/C22H17FN4O8S2/c23-13-5-8-21-16(11-13)17(9-10-36(21,32)33)24-25-19-7-6-14(12-20(19)27(30)31)37(34,35)26-18-4-2-1-3-15(18)22(28)29/h1-8,11-12,25-26H,9-10H2,(H,28,29)/b24-17+. The number of carboxylic acid groups (broad SMARTS) is 1. The lowest BCUT2D eigenvalue weighted by atomic mass is 10.1. The Kier molecular flexibility index (Phi) is 6.66. The molecule has 0 radical (unpaired) electrons. The largest absolute Gasteiger partial charge is 0.478 e. The van der Waals surface area contributed by atoms with Gasteiger partial charge in [0.25, 0.3) is 15.7 Å². The minimum absolute atomic E-state index is 0.0156. The summed E-state index contributed by atoms with van der Waals surface area (Å²) in [5.41, 5.74) is 1.15. The number of halogens is 1. The highest BCUT2D eigenvalue weighted by atomic mass is 32.2. The summed E-state index contributed by atoms with van der Waals surface area (Å²) in [6.45, 7) is 0. The number of rotatable bonds is 7. The fourth-order valence-electron chi connectivity index (χ4n) is 3.60. The summed E-state index contributed by atoms with van der Waals surface area (Å²) in [5.74, 6) is -2.37. The number of carboxylic acids is 1. The highest BCUT2D eigenvalue weighted by Crippen LogP contribution is 2.31. The third kappa shape index (κ3) is 5.26. The number of nitro groups is 1. The molecule has 192 valence electrons. The molecule has 0 fully saturated rings. The van der Waals surface area contributed by atoms with Crippen LogP contribution in [0.2, 0.25) is 0 Å². The molecule has 37 heavy (non-hydrogen) atoms. The van der Waals surface area contributed by atoms with E-state index < -0.39 is 47.2 Å². The molecule has 1 aliphatic rings. The van der Waals surface area contributed by atoms with Gasteiger partial charge in [0.15, 0.2) is 9.84 Å². The molecule has 0 unspecified atom stereocenters. The van der Waals surface area contributed by atoms with Gasteiger partial charge in [-0.1, -0.05) is 12.1 Å². The zero-order chi connectivity index (χ0) is 27.0. The summed E-state index contributed by atoms with van der Waals surface area (Å²) in [6, 6.07) is 11.2. The normalized spacial score (nSPS) is 15.5. The number of hydrogen-bond donors (Lipinski definition) is 3. The zero-order valence-electron chi connectivity index (χ0n) is 18.6. The van der Waals surface area contributed by atoms with Crippen molar-refractivity contribution in [1.82, 2.24) is 0 Å². The quantitative estimate of drug-likeness (QED) is 0.226. The number of nitrogens with one attached hydrogen (secondary N) is 2. The van der Waals surface area contributed by atoms with Crippen LogP contribution in [0.3, 0.4) is 0 Å². The Hall–Kier alpha value is -4.37. The van der Waals surface area contributed by atoms with Gasteiger partial charge in [0.05, 0.1) is 37.4 Å². The second-order valence-corrected chi connectivity index (χ2v) is 11.5. The average Bonchev–Trinajstić information content (AvgIpc) is 2.83. The molecule has 0 bridgehead atoms. The topological polar surface area (TPSA) is 185 Å². The van der Waals surface area contributed by atoms with Crippen molar-refractivity contribution in [2.24, 2.45) is 5.10 Å². The third-order valence-electron chi connectivity index (χ3n) is 5.38. The van der Waals surface area contributed by atoms with Crippen LogP contribution in [0.25, 0.3) is 0 Å². The number of nitrogens with zero attached hydrogens (tertiary/aromatic N) is 2. The van der Waals surface area contributed by atoms with E-state index in [9.17, 15) is 41.2 Å². The van der Waals surface area contributed by atoms with E-state index in [0.717, 1.165) is 36.4 Å². The summed E-state index contributed by atoms with van der Waals surface area (Å²) in [6.07, 6.45) is -0.0844. The van der Waals surface area contributed by atoms with Gasteiger partial charge in [-0.25, -0.2) is 26.0 Å². The van der Waals surface area contributed by atoms with Gasteiger partial charge in [-0.2, -0.15) is 5.10 Å². The van der Waals surface area contributed by atoms with E-state index in [4.69, 9.17) is 0 Å². The summed E-state index contributed by atoms with van der Waals surface area (Å²) >= 11 is 0. The number of benzene rings is 3. The highest BCUT2D eigenvalue weighted by Gasteiger charge is 2.29. The molecule has 0 atom stereocenters. The van der Waals surface area contributed by atoms with Gasteiger partial charge in [0.2, 0.25) is 0 Å². The number of sulfonamides is 1. The van der Waals surface area contributed by atoms with Gasteiger partial charge in [-0.15, -0.1) is 0 Å². The average molecular weight is 549 g/mol. The lowest BCUT2D eigenvalue weighted by molar-refractivity contribution is -0.384. The van der Waals surface area contributed by atoms with Gasteiger partial charge in [-0.3, -0.25) is 20.3 Å². The van der Waals surface area contributed by atoms with E-state index in [1.165, 1.54) is 24.3 Å². The number of para-hydroxylation sites is 1. The summed E-state index contributed by atoms with van der Waals surface area (Å²) in [5, 5.41) is 25.0. The number of hydrogen-bond acceptors (Lipinski definition) is 9. The van der Waals surface area contributed by atoms with Gasteiger partial charge in [-0.05, 0) is 42.5 Å². The predicted octanol–water partition coefficient (Wildman–Crippen LogP) is 3.23. The number of nitro benzene ring substituents is 1. The molecule has 0 saturated heterocycles. The molecule has 0 aromatic heterocycles. The van der Waals surface area contributed by atoms with Crippen LogP contribution >= 0.6 is 0 Å². The van der Waals surface area contributed by atoms with Gasteiger partial charge >= 0.3 is 5.97 Å². The van der Waals surface area contributed by atoms with Crippen LogP contribution < -0.4 is 10.1 Å². The van der Waals surface area contributed by atoms with Crippen molar-refractivity contribution in [2.45, 2.75) is 16.2 Å². The van der Waals surface area contributed by atoms with Crippen molar-refractivity contribution in [3.63, 3.8) is 0 Å². The van der Waals surface area contributed by atoms with Crippen LogP contribution in [0.15, 0.2) is 75.6 Å². The van der Waals surface area contributed by atoms with Gasteiger partial charge < -0.3 is 5.11 Å². The van der Waals surface area contributed by atoms with Crippen molar-refractivity contribution in [3.8, 4) is 0 Å². The number of hydrazone groups is 1. The number of anilines is 2. The van der Waals surface area contributed by atoms with Crippen molar-refractivity contribution in [1.29, 1.82) is 0 Å². The van der Waals surface area contributed by atoms with Gasteiger partial charge in [0, 0.05) is 18.1 Å². The molecule has 0 spiro atoms. The number of aromatic carboxylic acids is 1. The smallest absolute Gasteiger partial charge is 0.337 e. The Labute approximate surface area is 209 Å². The first-order valence-corrected chi connectivity index (χ1v) is 13.5. The van der Waals surface area contributed by atoms with E-state index >= 15 is 0 Å². The summed E-state index contributed by atoms with van der Waals surface area (Å²) in [7, 11) is -8.07. The fraction of sp³-hybridized carbons (Fsp3) is 0.0909. The Morgan fingerprint density at radius 1 is 1.08 bits per heavy atom. The van der Waals surface area contributed by atoms with Crippen molar-refractivity contribution >= 4 is 48.6 Å². The number of fused-ring (bicyclic) bond motifs is 1. The molecule has 12 nitrogen and oxygen atoms in total. The zero-order valence-corrected chi connectivity index (χ0v) is 20.2. The Morgan fingerprint density at radius 2 is 1.81 bits per heavy atom. The molecular formula is C22H17FN4O8S2. The summed E-state index contributed by atoms with van der Waals surface area (Å²) in [4.78, 5) is 21.5. The highest BCUT2D eigenvalue weighted by molar-refractivity contribution is 7.92. The number of sulfone groups is 1. The lowest BCUT2D eigenvalue weighted by Gasteiger charge is -2.18. The second-order valence-electron chi connectivity index (χ2n) is 7.77. The van der Waals surface area contributed by atoms with Crippen molar-refractivity contribution < 1.29 is 36.1 Å². The lowest BCUT2D eigenvalue weighted by Crippen LogP contribution is -2.23. The third-order valence-corrected chi connectivity index (χ3v) is 8.52. The minimum Gasteiger partial charge on any atom is -0.478 e. The van der Waals surface area contributed by atoms with Crippen LogP contribution in [0.5, 0.6) is 0 Å². The molecule has 1 heterocycles. The Bertz CT molecular complexity index is 1690. The van der Waals surface area contributed by atoms with E-state index in [1.54, 1.807) is 0 Å². The first-order chi connectivity index (χ1) is 17.4. The maximum atomic E-state index is 13.8. The molecule has 3 aromatic rings. The fourth-order valence-corrected chi connectivity index (χ4v) is 6.17. The molecule has 15 heteroatoms. The van der Waals surface area contributed by atoms with Crippen LogP contribution in [0, 0.1) is 15.9 Å². The molecule has 0 saturated carbocycles.